The van der Waals surface area contributed by atoms with Gasteiger partial charge in [-0.25, -0.2) is 4.79 Å². The number of carbonyl (C=O) groups excluding carboxylic acids is 5. The molecule has 0 radical (unpaired) electrons. The zero-order chi connectivity index (χ0) is 27.5. The summed E-state index contributed by atoms with van der Waals surface area (Å²) in [6, 6.07) is 6.18. The van der Waals surface area contributed by atoms with E-state index in [1.165, 1.54) is 16.9 Å². The molecule has 202 valence electrons. The summed E-state index contributed by atoms with van der Waals surface area (Å²) in [7, 11) is 1.52. The minimum absolute atomic E-state index is 0.000401. The number of carbonyl (C=O) groups is 5. The predicted octanol–water partition coefficient (Wildman–Crippen LogP) is 0.684. The summed E-state index contributed by atoms with van der Waals surface area (Å²) >= 11 is 0. The van der Waals surface area contributed by atoms with Crippen LogP contribution in [-0.2, 0) is 26.5 Å². The first-order chi connectivity index (χ1) is 18.7. The van der Waals surface area contributed by atoms with Crippen LogP contribution >= 0.6 is 0 Å². The van der Waals surface area contributed by atoms with Gasteiger partial charge in [-0.1, -0.05) is 25.1 Å². The molecule has 2 saturated heterocycles. The van der Waals surface area contributed by atoms with E-state index in [1.54, 1.807) is 36.4 Å². The Morgan fingerprint density at radius 1 is 1.18 bits per heavy atom. The fourth-order valence-electron chi connectivity index (χ4n) is 5.72. The standard InChI is InChI=1S/C27H27N5O7/c1-14-18(23(34)31-8-7-28-21(33)12-31)6-4-15-9-20(39-22(14)15)27(25(36)29-26(37)30-27)13-32-11-16-3-5-17(38-2)10-19(16)24(32)35/h3-6,9-10,14,18H,7-8,11-13H2,1-2H3,(H,28,33)(H2,29,30,36,37). The Kier molecular flexibility index (Phi) is 5.70. The molecule has 4 aliphatic rings. The van der Waals surface area contributed by atoms with E-state index in [-0.39, 0.29) is 43.1 Å². The molecule has 4 heterocycles. The summed E-state index contributed by atoms with van der Waals surface area (Å²) in [6.45, 7) is 2.76. The Bertz CT molecular complexity index is 1460. The second-order valence-electron chi connectivity index (χ2n) is 10.2. The predicted molar refractivity (Wildman–Crippen MR) is 135 cm³/mol. The van der Waals surface area contributed by atoms with E-state index in [4.69, 9.17) is 9.15 Å². The van der Waals surface area contributed by atoms with Gasteiger partial charge in [0, 0.05) is 36.7 Å². The third-order valence-electron chi connectivity index (χ3n) is 7.85. The third kappa shape index (κ3) is 3.94. The molecule has 12 nitrogen and oxygen atoms in total. The van der Waals surface area contributed by atoms with Crippen LogP contribution in [0.2, 0.25) is 0 Å². The molecule has 0 saturated carbocycles. The van der Waals surface area contributed by atoms with Crippen LogP contribution in [0.25, 0.3) is 6.08 Å². The smallest absolute Gasteiger partial charge is 0.322 e. The molecule has 6 amide bonds. The first kappa shape index (κ1) is 24.7. The van der Waals surface area contributed by atoms with Crippen LogP contribution in [0.4, 0.5) is 4.79 Å². The number of amides is 6. The molecule has 3 unspecified atom stereocenters. The first-order valence-electron chi connectivity index (χ1n) is 12.7. The lowest BCUT2D eigenvalue weighted by atomic mass is 9.84. The third-order valence-corrected chi connectivity index (χ3v) is 7.85. The minimum Gasteiger partial charge on any atom is -0.497 e. The van der Waals surface area contributed by atoms with Crippen molar-refractivity contribution in [3.05, 3.63) is 58.6 Å². The van der Waals surface area contributed by atoms with Crippen molar-refractivity contribution in [2.75, 3.05) is 33.3 Å². The quantitative estimate of drug-likeness (QED) is 0.479. The number of piperazine rings is 1. The van der Waals surface area contributed by atoms with Crippen molar-refractivity contribution in [3.63, 3.8) is 0 Å². The van der Waals surface area contributed by atoms with E-state index >= 15 is 0 Å². The molecular weight excluding hydrogens is 506 g/mol. The Morgan fingerprint density at radius 3 is 2.72 bits per heavy atom. The summed E-state index contributed by atoms with van der Waals surface area (Å²) in [6.07, 6.45) is 3.52. The molecule has 0 spiro atoms. The highest BCUT2D eigenvalue weighted by atomic mass is 16.5. The Morgan fingerprint density at radius 2 is 2.00 bits per heavy atom. The highest BCUT2D eigenvalue weighted by Crippen LogP contribution is 2.41. The number of urea groups is 1. The van der Waals surface area contributed by atoms with E-state index in [2.05, 4.69) is 16.0 Å². The second kappa shape index (κ2) is 9.00. The van der Waals surface area contributed by atoms with Crippen molar-refractivity contribution < 1.29 is 33.1 Å². The van der Waals surface area contributed by atoms with Crippen molar-refractivity contribution in [2.24, 2.45) is 5.92 Å². The molecule has 6 rings (SSSR count). The topological polar surface area (TPSA) is 150 Å². The van der Waals surface area contributed by atoms with Crippen molar-refractivity contribution in [3.8, 4) is 5.75 Å². The normalized spacial score (nSPS) is 25.7. The van der Waals surface area contributed by atoms with E-state index in [0.29, 0.717) is 35.7 Å². The van der Waals surface area contributed by atoms with Crippen molar-refractivity contribution >= 4 is 35.7 Å². The van der Waals surface area contributed by atoms with E-state index in [0.717, 1.165) is 5.56 Å². The van der Waals surface area contributed by atoms with Crippen LogP contribution in [-0.4, -0.2) is 72.7 Å². The summed E-state index contributed by atoms with van der Waals surface area (Å²) in [4.78, 5) is 66.9. The lowest BCUT2D eigenvalue weighted by molar-refractivity contribution is -0.140. The Labute approximate surface area is 223 Å². The van der Waals surface area contributed by atoms with Gasteiger partial charge in [0.2, 0.25) is 11.8 Å². The number of nitrogens with one attached hydrogen (secondary N) is 3. The van der Waals surface area contributed by atoms with Gasteiger partial charge >= 0.3 is 6.03 Å². The number of imide groups is 1. The molecule has 2 fully saturated rings. The lowest BCUT2D eigenvalue weighted by Gasteiger charge is -2.32. The Hall–Kier alpha value is -4.61. The van der Waals surface area contributed by atoms with Crippen LogP contribution in [0.1, 0.15) is 45.8 Å². The van der Waals surface area contributed by atoms with Crippen LogP contribution in [0.3, 0.4) is 0 Å². The van der Waals surface area contributed by atoms with Gasteiger partial charge in [-0.3, -0.25) is 24.5 Å². The molecular formula is C27H27N5O7. The maximum absolute atomic E-state index is 13.3. The lowest BCUT2D eigenvalue weighted by Crippen LogP contribution is -2.52. The summed E-state index contributed by atoms with van der Waals surface area (Å²) in [5.41, 5.74) is 0.266. The van der Waals surface area contributed by atoms with Gasteiger partial charge in [0.15, 0.2) is 5.54 Å². The zero-order valence-electron chi connectivity index (χ0n) is 21.4. The van der Waals surface area contributed by atoms with Gasteiger partial charge in [0.1, 0.15) is 17.3 Å². The van der Waals surface area contributed by atoms with Crippen LogP contribution < -0.4 is 20.7 Å². The minimum atomic E-state index is -1.66. The van der Waals surface area contributed by atoms with Gasteiger partial charge in [0.05, 0.1) is 26.1 Å². The number of furan rings is 1. The number of methoxy groups -OCH3 is 1. The molecule has 39 heavy (non-hydrogen) atoms. The second-order valence-corrected chi connectivity index (χ2v) is 10.2. The first-order valence-corrected chi connectivity index (χ1v) is 12.7. The van der Waals surface area contributed by atoms with Crippen molar-refractivity contribution in [1.29, 1.82) is 0 Å². The van der Waals surface area contributed by atoms with Crippen molar-refractivity contribution in [1.82, 2.24) is 25.8 Å². The monoisotopic (exact) mass is 533 g/mol. The maximum atomic E-state index is 13.3. The van der Waals surface area contributed by atoms with E-state index < -0.39 is 29.3 Å². The van der Waals surface area contributed by atoms with Gasteiger partial charge in [-0.2, -0.15) is 0 Å². The van der Waals surface area contributed by atoms with E-state index in [1.807, 2.05) is 6.92 Å². The summed E-state index contributed by atoms with van der Waals surface area (Å²) < 4.78 is 11.5. The van der Waals surface area contributed by atoms with Crippen LogP contribution in [0, 0.1) is 5.92 Å². The SMILES string of the molecule is COc1ccc2c(c1)C(=O)N(CC1(c3cc4c(o3)C(C)C(C(=O)N3CCNC(=O)C3)C=C4)NC(=O)NC1=O)C2. The maximum Gasteiger partial charge on any atom is 0.322 e. The molecule has 2 aromatic rings. The van der Waals surface area contributed by atoms with Crippen LogP contribution in [0.15, 0.2) is 34.8 Å². The van der Waals surface area contributed by atoms with E-state index in [9.17, 15) is 24.0 Å². The highest BCUT2D eigenvalue weighted by molar-refractivity contribution is 6.08. The molecule has 3 aliphatic heterocycles. The van der Waals surface area contributed by atoms with Gasteiger partial charge < -0.3 is 29.6 Å². The summed E-state index contributed by atoms with van der Waals surface area (Å²) in [5, 5.41) is 7.68. The highest BCUT2D eigenvalue weighted by Gasteiger charge is 2.53. The van der Waals surface area contributed by atoms with Crippen molar-refractivity contribution in [2.45, 2.75) is 24.9 Å². The number of nitrogens with zero attached hydrogens (tertiary/aromatic N) is 2. The molecule has 1 aromatic carbocycles. The van der Waals surface area contributed by atoms with Gasteiger partial charge in [-0.05, 0) is 23.8 Å². The largest absolute Gasteiger partial charge is 0.497 e. The molecule has 12 heteroatoms. The number of hydrogen-bond donors (Lipinski definition) is 3. The number of rotatable bonds is 5. The number of benzene rings is 1. The molecule has 1 aliphatic carbocycles. The average Bonchev–Trinajstić information content (AvgIpc) is 3.58. The zero-order valence-corrected chi connectivity index (χ0v) is 21.4. The molecule has 3 atom stereocenters. The van der Waals surface area contributed by atoms with Crippen LogP contribution in [0.5, 0.6) is 5.75 Å². The number of hydrogen-bond acceptors (Lipinski definition) is 7. The molecule has 0 bridgehead atoms. The number of ether oxygens (including phenoxy) is 1. The van der Waals surface area contributed by atoms with Gasteiger partial charge in [-0.15, -0.1) is 0 Å². The Balaban J connectivity index is 1.30. The van der Waals surface area contributed by atoms with Gasteiger partial charge in [0.25, 0.3) is 11.8 Å². The molecule has 3 N–H and O–H groups in total. The number of fused-ring (bicyclic) bond motifs is 2. The molecule has 1 aromatic heterocycles. The fourth-order valence-corrected chi connectivity index (χ4v) is 5.72. The fraction of sp³-hybridized carbons (Fsp3) is 0.370. The average molecular weight is 534 g/mol. The summed E-state index contributed by atoms with van der Waals surface area (Å²) in [5.74, 6) is -1.07.